The first kappa shape index (κ1) is 29.2. The smallest absolute Gasteiger partial charge is 0.166 e. The summed E-state index contributed by atoms with van der Waals surface area (Å²) < 4.78 is 24.0. The molecule has 1 heterocycles. The van der Waals surface area contributed by atoms with Crippen molar-refractivity contribution < 1.29 is 18.7 Å². The molecule has 1 aliphatic heterocycles. The summed E-state index contributed by atoms with van der Waals surface area (Å²) in [5.41, 5.74) is 1.86. The monoisotopic (exact) mass is 510 g/mol. The van der Waals surface area contributed by atoms with Gasteiger partial charge in [0, 0.05) is 23.4 Å². The van der Waals surface area contributed by atoms with E-state index in [-0.39, 0.29) is 17.5 Å². The summed E-state index contributed by atoms with van der Waals surface area (Å²) >= 11 is 0. The van der Waals surface area contributed by atoms with Crippen molar-refractivity contribution in [2.75, 3.05) is 27.3 Å². The van der Waals surface area contributed by atoms with Gasteiger partial charge < -0.3 is 14.4 Å². The van der Waals surface area contributed by atoms with Crippen LogP contribution in [-0.2, 0) is 0 Å². The third-order valence-electron chi connectivity index (χ3n) is 7.90. The zero-order valence-electron chi connectivity index (χ0n) is 23.2. The van der Waals surface area contributed by atoms with Gasteiger partial charge in [0.2, 0.25) is 0 Å². The fourth-order valence-electron chi connectivity index (χ4n) is 5.52. The predicted octanol–water partition coefficient (Wildman–Crippen LogP) is 7.89. The Bertz CT molecular complexity index is 953. The number of piperidine rings is 1. The Labute approximate surface area is 223 Å². The van der Waals surface area contributed by atoms with Crippen molar-refractivity contribution >= 4 is 5.78 Å². The number of ether oxygens (including phenoxy) is 2. The molecule has 0 bridgehead atoms. The minimum atomic E-state index is -0.292. The molecule has 0 N–H and O–H groups in total. The van der Waals surface area contributed by atoms with E-state index in [0.717, 1.165) is 43.9 Å². The molecule has 2 aromatic carbocycles. The molecule has 4 nitrogen and oxygen atoms in total. The largest absolute Gasteiger partial charge is 0.493 e. The number of hydrogen-bond donors (Lipinski definition) is 0. The first-order chi connectivity index (χ1) is 18.0. The Hall–Kier alpha value is -2.40. The van der Waals surface area contributed by atoms with Crippen LogP contribution in [-0.4, -0.2) is 44.0 Å². The first-order valence-corrected chi connectivity index (χ1v) is 14.1. The van der Waals surface area contributed by atoms with Gasteiger partial charge in [-0.1, -0.05) is 52.0 Å². The molecule has 0 saturated carbocycles. The molecule has 203 valence electrons. The van der Waals surface area contributed by atoms with Crippen molar-refractivity contribution in [2.45, 2.75) is 84.1 Å². The van der Waals surface area contributed by atoms with Gasteiger partial charge in [-0.15, -0.1) is 0 Å². The first-order valence-electron chi connectivity index (χ1n) is 14.1. The lowest BCUT2D eigenvalue weighted by atomic mass is 9.87. The summed E-state index contributed by atoms with van der Waals surface area (Å²) in [6.45, 7) is 6.44. The van der Waals surface area contributed by atoms with E-state index in [0.29, 0.717) is 11.6 Å². The second-order valence-electron chi connectivity index (χ2n) is 10.4. The van der Waals surface area contributed by atoms with Crippen LogP contribution in [0.5, 0.6) is 11.5 Å². The Morgan fingerprint density at radius 3 is 2.22 bits per heavy atom. The maximum atomic E-state index is 13.2. The lowest BCUT2D eigenvalue weighted by Gasteiger charge is -2.37. The highest BCUT2D eigenvalue weighted by Crippen LogP contribution is 2.32. The van der Waals surface area contributed by atoms with Crippen LogP contribution >= 0.6 is 0 Å². The average Bonchev–Trinajstić information content (AvgIpc) is 2.94. The highest BCUT2D eigenvalue weighted by atomic mass is 19.1. The minimum Gasteiger partial charge on any atom is -0.493 e. The summed E-state index contributed by atoms with van der Waals surface area (Å²) in [5, 5.41) is 0. The number of rotatable bonds is 15. The van der Waals surface area contributed by atoms with Crippen molar-refractivity contribution in [1.29, 1.82) is 0 Å². The zero-order valence-corrected chi connectivity index (χ0v) is 23.2. The third kappa shape index (κ3) is 8.56. The second kappa shape index (κ2) is 15.1. The molecule has 1 atom stereocenters. The molecular weight excluding hydrogens is 465 g/mol. The number of nitrogens with zero attached hydrogens (tertiary/aromatic N) is 1. The van der Waals surface area contributed by atoms with E-state index in [9.17, 15) is 9.18 Å². The van der Waals surface area contributed by atoms with E-state index in [1.165, 1.54) is 68.6 Å². The van der Waals surface area contributed by atoms with Gasteiger partial charge in [-0.3, -0.25) is 4.79 Å². The molecule has 2 aromatic rings. The van der Waals surface area contributed by atoms with Gasteiger partial charge in [0.15, 0.2) is 17.3 Å². The van der Waals surface area contributed by atoms with Crippen molar-refractivity contribution in [3.8, 4) is 11.5 Å². The highest BCUT2D eigenvalue weighted by molar-refractivity contribution is 5.97. The molecule has 37 heavy (non-hydrogen) atoms. The van der Waals surface area contributed by atoms with Gasteiger partial charge in [-0.05, 0) is 87.2 Å². The predicted molar refractivity (Wildman–Crippen MR) is 149 cm³/mol. The van der Waals surface area contributed by atoms with E-state index in [1.807, 2.05) is 6.07 Å². The molecule has 0 aliphatic carbocycles. The van der Waals surface area contributed by atoms with Crippen LogP contribution in [0.2, 0.25) is 0 Å². The standard InChI is InChI=1S/C32H45FNO3/c1-5-6-11-29(34-21-19-26(20-22-34)32(35)25-13-16-28(33)17-14-25)12-9-7-8-10-24(2)27-15-18-30(36-3)31(23-27)37-4/h13-18,23,26,29H,5-12,19-22H2,1-4H3. The molecule has 1 radical (unpaired) electrons. The fourth-order valence-corrected chi connectivity index (χ4v) is 5.52. The summed E-state index contributed by atoms with van der Waals surface area (Å²) in [6.07, 6.45) is 11.5. The Morgan fingerprint density at radius 1 is 0.919 bits per heavy atom. The van der Waals surface area contributed by atoms with Crippen LogP contribution in [0, 0.1) is 17.7 Å². The highest BCUT2D eigenvalue weighted by Gasteiger charge is 2.29. The van der Waals surface area contributed by atoms with E-state index in [1.54, 1.807) is 26.4 Å². The van der Waals surface area contributed by atoms with Gasteiger partial charge in [-0.25, -0.2) is 4.39 Å². The zero-order chi connectivity index (χ0) is 26.6. The number of ketones is 1. The molecule has 0 spiro atoms. The number of benzene rings is 2. The van der Waals surface area contributed by atoms with Gasteiger partial charge in [0.1, 0.15) is 5.82 Å². The van der Waals surface area contributed by atoms with Crippen LogP contribution in [0.15, 0.2) is 42.5 Å². The Kier molecular flexibility index (Phi) is 11.9. The lowest BCUT2D eigenvalue weighted by molar-refractivity contribution is 0.0767. The quantitative estimate of drug-likeness (QED) is 0.180. The number of likely N-dealkylation sites (tertiary alicyclic amines) is 1. The number of halogens is 1. The second-order valence-corrected chi connectivity index (χ2v) is 10.4. The van der Waals surface area contributed by atoms with Crippen molar-refractivity contribution in [3.05, 3.63) is 65.3 Å². The van der Waals surface area contributed by atoms with Crippen LogP contribution in [0.3, 0.4) is 0 Å². The Balaban J connectivity index is 1.43. The van der Waals surface area contributed by atoms with Crippen molar-refractivity contribution in [1.82, 2.24) is 4.90 Å². The maximum absolute atomic E-state index is 13.2. The van der Waals surface area contributed by atoms with Crippen molar-refractivity contribution in [3.63, 3.8) is 0 Å². The summed E-state index contributed by atoms with van der Waals surface area (Å²) in [4.78, 5) is 15.5. The van der Waals surface area contributed by atoms with Gasteiger partial charge >= 0.3 is 0 Å². The molecular formula is C32H45FNO3. The normalized spacial score (nSPS) is 15.6. The molecule has 1 saturated heterocycles. The number of hydrogen-bond acceptors (Lipinski definition) is 4. The molecule has 1 aliphatic rings. The third-order valence-corrected chi connectivity index (χ3v) is 7.90. The van der Waals surface area contributed by atoms with E-state index in [2.05, 4.69) is 30.9 Å². The van der Waals surface area contributed by atoms with E-state index >= 15 is 0 Å². The van der Waals surface area contributed by atoms with Crippen LogP contribution in [0.25, 0.3) is 0 Å². The molecule has 5 heteroatoms. The summed E-state index contributed by atoms with van der Waals surface area (Å²) in [7, 11) is 3.34. The van der Waals surface area contributed by atoms with Crippen LogP contribution in [0.4, 0.5) is 4.39 Å². The number of carbonyl (C=O) groups excluding carboxylic acids is 1. The average molecular weight is 511 g/mol. The van der Waals surface area contributed by atoms with Gasteiger partial charge in [-0.2, -0.15) is 0 Å². The van der Waals surface area contributed by atoms with Gasteiger partial charge in [0.05, 0.1) is 14.2 Å². The van der Waals surface area contributed by atoms with Crippen molar-refractivity contribution in [2.24, 2.45) is 5.92 Å². The SMILES string of the molecule is CCCCC(CCCCC[C](C)c1ccc(OC)c(OC)c1)N1CCC(C(=O)c2ccc(F)cc2)CC1. The van der Waals surface area contributed by atoms with E-state index < -0.39 is 0 Å². The number of unbranched alkanes of at least 4 members (excludes halogenated alkanes) is 3. The Morgan fingerprint density at radius 2 is 1.57 bits per heavy atom. The molecule has 0 aromatic heterocycles. The summed E-state index contributed by atoms with van der Waals surface area (Å²) in [6, 6.07) is 12.8. The number of methoxy groups -OCH3 is 2. The number of Topliss-reactive ketones (excluding diaryl/α,β-unsaturated/α-hetero) is 1. The minimum absolute atomic E-state index is 0.0589. The van der Waals surface area contributed by atoms with Crippen LogP contribution < -0.4 is 9.47 Å². The van der Waals surface area contributed by atoms with Crippen LogP contribution in [0.1, 0.15) is 94.0 Å². The van der Waals surface area contributed by atoms with E-state index in [4.69, 9.17) is 9.47 Å². The molecule has 0 amide bonds. The lowest BCUT2D eigenvalue weighted by Crippen LogP contribution is -2.43. The fraction of sp³-hybridized carbons (Fsp3) is 0.562. The van der Waals surface area contributed by atoms with Gasteiger partial charge in [0.25, 0.3) is 0 Å². The maximum Gasteiger partial charge on any atom is 0.166 e. The number of carbonyl (C=O) groups is 1. The topological polar surface area (TPSA) is 38.8 Å². The molecule has 1 fully saturated rings. The molecule has 1 unspecified atom stereocenters. The summed E-state index contributed by atoms with van der Waals surface area (Å²) in [5.74, 6) is 2.87. The molecule has 3 rings (SSSR count).